The van der Waals surface area contributed by atoms with Gasteiger partial charge in [-0.1, -0.05) is 60.2 Å². The molecule has 2 aliphatic heterocycles. The van der Waals surface area contributed by atoms with E-state index in [0.29, 0.717) is 12.0 Å². The van der Waals surface area contributed by atoms with Gasteiger partial charge in [-0.05, 0) is 63.4 Å². The maximum atomic E-state index is 15.2. The Morgan fingerprint density at radius 2 is 1.65 bits per heavy atom. The zero-order valence-electron chi connectivity index (χ0n) is 22.5. The van der Waals surface area contributed by atoms with Crippen molar-refractivity contribution in [2.45, 2.75) is 62.4 Å². The molecule has 2 heterocycles. The average molecular weight is 574 g/mol. The summed E-state index contributed by atoms with van der Waals surface area (Å²) in [5.74, 6) is -2.48. The Morgan fingerprint density at radius 1 is 1.00 bits per heavy atom. The Kier molecular flexibility index (Phi) is 6.78. The molecule has 6 nitrogen and oxygen atoms in total. The number of hydrogen-bond donors (Lipinski definition) is 0. The van der Waals surface area contributed by atoms with Gasteiger partial charge in [0, 0.05) is 5.56 Å². The second-order valence-electron chi connectivity index (χ2n) is 11.3. The zero-order valence-corrected chi connectivity index (χ0v) is 23.3. The van der Waals surface area contributed by atoms with Crippen molar-refractivity contribution in [3.05, 3.63) is 95.1 Å². The first-order chi connectivity index (χ1) is 18.6. The molecule has 0 spiro atoms. The molecule has 3 aromatic carbocycles. The van der Waals surface area contributed by atoms with Gasteiger partial charge in [0.2, 0.25) is 5.60 Å². The van der Waals surface area contributed by atoms with Gasteiger partial charge >= 0.3 is 12.1 Å². The summed E-state index contributed by atoms with van der Waals surface area (Å²) in [7, 11) is -4.56. The molecule has 0 bridgehead atoms. The lowest BCUT2D eigenvalue weighted by atomic mass is 9.84. The van der Waals surface area contributed by atoms with E-state index in [1.54, 1.807) is 45.9 Å². The van der Waals surface area contributed by atoms with Gasteiger partial charge in [-0.2, -0.15) is 13.2 Å². The smallest absolute Gasteiger partial charge is 0.423 e. The Morgan fingerprint density at radius 3 is 2.25 bits per heavy atom. The largest absolute Gasteiger partial charge is 0.460 e. The van der Waals surface area contributed by atoms with Crippen LogP contribution in [0.4, 0.5) is 18.9 Å². The Hall–Kier alpha value is -3.37. The minimum atomic E-state index is -5.05. The number of benzene rings is 3. The average Bonchev–Trinajstić information content (AvgIpc) is 3.39. The molecule has 10 heteroatoms. The molecule has 0 amide bonds. The number of halogens is 3. The van der Waals surface area contributed by atoms with Crippen molar-refractivity contribution in [3.8, 4) is 0 Å². The molecule has 3 unspecified atom stereocenters. The molecule has 2 aliphatic rings. The first-order valence-electron chi connectivity index (χ1n) is 12.9. The summed E-state index contributed by atoms with van der Waals surface area (Å²) in [6, 6.07) is 17.4. The van der Waals surface area contributed by atoms with E-state index in [9.17, 15) is 13.2 Å². The van der Waals surface area contributed by atoms with E-state index in [-0.39, 0.29) is 16.1 Å². The summed E-state index contributed by atoms with van der Waals surface area (Å²) in [6.45, 7) is 5.91. The molecule has 5 rings (SSSR count). The summed E-state index contributed by atoms with van der Waals surface area (Å²) >= 11 is 0. The summed E-state index contributed by atoms with van der Waals surface area (Å²) in [6.07, 6.45) is -4.72. The first kappa shape index (κ1) is 28.2. The fraction of sp³-hybridized carbons (Fsp3) is 0.367. The SMILES string of the molecule is Cc1ccc(S(=O)(=O)N2c3ccc(Cc4ccccc4)cc3C3(C(F)(F)F)OCC(C(=O)OC(C)(C)C)C23)cc1. The van der Waals surface area contributed by atoms with Crippen LogP contribution in [0.1, 0.15) is 43.0 Å². The lowest BCUT2D eigenvalue weighted by Crippen LogP contribution is -2.56. The van der Waals surface area contributed by atoms with Crippen molar-refractivity contribution >= 4 is 21.7 Å². The third-order valence-electron chi connectivity index (χ3n) is 7.20. The maximum absolute atomic E-state index is 15.2. The van der Waals surface area contributed by atoms with Crippen LogP contribution in [0.5, 0.6) is 0 Å². The van der Waals surface area contributed by atoms with Crippen molar-refractivity contribution in [1.82, 2.24) is 0 Å². The molecule has 0 aromatic heterocycles. The number of esters is 1. The normalized spacial score (nSPS) is 22.6. The van der Waals surface area contributed by atoms with Gasteiger partial charge in [0.1, 0.15) is 17.6 Å². The molecular weight excluding hydrogens is 543 g/mol. The van der Waals surface area contributed by atoms with Crippen LogP contribution >= 0.6 is 0 Å². The minimum absolute atomic E-state index is 0.173. The summed E-state index contributed by atoms with van der Waals surface area (Å²) in [4.78, 5) is 13.1. The number of fused-ring (bicyclic) bond motifs is 3. The summed E-state index contributed by atoms with van der Waals surface area (Å²) in [5.41, 5.74) is -2.36. The fourth-order valence-corrected chi connectivity index (χ4v) is 7.21. The number of ether oxygens (including phenoxy) is 2. The number of nitrogens with zero attached hydrogens (tertiary/aromatic N) is 1. The highest BCUT2D eigenvalue weighted by Gasteiger charge is 2.75. The number of rotatable bonds is 5. The highest BCUT2D eigenvalue weighted by atomic mass is 32.2. The molecule has 212 valence electrons. The van der Waals surface area contributed by atoms with Gasteiger partial charge in [0.05, 0.1) is 17.2 Å². The monoisotopic (exact) mass is 573 g/mol. The molecular formula is C30H30F3NO5S. The molecule has 3 atom stereocenters. The minimum Gasteiger partial charge on any atom is -0.460 e. The number of hydrogen-bond acceptors (Lipinski definition) is 5. The number of aryl methyl sites for hydroxylation is 1. The molecule has 0 aliphatic carbocycles. The lowest BCUT2D eigenvalue weighted by Gasteiger charge is -2.35. The second-order valence-corrected chi connectivity index (χ2v) is 13.1. The molecule has 3 aromatic rings. The molecule has 1 saturated heterocycles. The van der Waals surface area contributed by atoms with Crippen LogP contribution in [-0.4, -0.2) is 38.8 Å². The number of carbonyl (C=O) groups is 1. The number of anilines is 1. The van der Waals surface area contributed by atoms with Gasteiger partial charge in [-0.25, -0.2) is 8.42 Å². The molecule has 40 heavy (non-hydrogen) atoms. The Balaban J connectivity index is 1.72. The predicted octanol–water partition coefficient (Wildman–Crippen LogP) is 5.91. The summed E-state index contributed by atoms with van der Waals surface area (Å²) < 4.78 is 85.7. The molecule has 0 radical (unpaired) electrons. The van der Waals surface area contributed by atoms with E-state index in [1.807, 2.05) is 30.3 Å². The van der Waals surface area contributed by atoms with Gasteiger partial charge in [0.15, 0.2) is 0 Å². The highest BCUT2D eigenvalue weighted by molar-refractivity contribution is 7.93. The first-order valence-corrected chi connectivity index (χ1v) is 14.3. The topological polar surface area (TPSA) is 72.9 Å². The Labute approximate surface area is 231 Å². The van der Waals surface area contributed by atoms with Crippen LogP contribution in [0.3, 0.4) is 0 Å². The van der Waals surface area contributed by atoms with Crippen LogP contribution in [0.25, 0.3) is 0 Å². The van der Waals surface area contributed by atoms with Crippen LogP contribution < -0.4 is 4.31 Å². The second kappa shape index (κ2) is 9.62. The van der Waals surface area contributed by atoms with Crippen molar-refractivity contribution in [2.75, 3.05) is 10.9 Å². The number of alkyl halides is 3. The predicted molar refractivity (Wildman–Crippen MR) is 143 cm³/mol. The van der Waals surface area contributed by atoms with Crippen LogP contribution in [0, 0.1) is 12.8 Å². The van der Waals surface area contributed by atoms with Crippen molar-refractivity contribution in [1.29, 1.82) is 0 Å². The fourth-order valence-electron chi connectivity index (χ4n) is 5.49. The molecule has 0 N–H and O–H groups in total. The van der Waals surface area contributed by atoms with Crippen LogP contribution in [-0.2, 0) is 36.3 Å². The summed E-state index contributed by atoms with van der Waals surface area (Å²) in [5, 5.41) is 0. The van der Waals surface area contributed by atoms with Crippen molar-refractivity contribution < 1.29 is 35.9 Å². The number of carbonyl (C=O) groups excluding carboxylic acids is 1. The molecule has 0 saturated carbocycles. The van der Waals surface area contributed by atoms with E-state index in [2.05, 4.69) is 0 Å². The van der Waals surface area contributed by atoms with Crippen molar-refractivity contribution in [3.63, 3.8) is 0 Å². The van der Waals surface area contributed by atoms with Crippen LogP contribution in [0.15, 0.2) is 77.7 Å². The lowest BCUT2D eigenvalue weighted by molar-refractivity contribution is -0.269. The number of sulfonamides is 1. The third-order valence-corrected chi connectivity index (χ3v) is 9.01. The van der Waals surface area contributed by atoms with Gasteiger partial charge in [-0.3, -0.25) is 9.10 Å². The van der Waals surface area contributed by atoms with Gasteiger partial charge in [-0.15, -0.1) is 0 Å². The Bertz CT molecular complexity index is 1530. The standard InChI is InChI=1S/C30H30F3NO5S/c1-19-10-13-22(14-11-19)40(36,37)34-25-15-12-21(16-20-8-6-5-7-9-20)17-24(25)29(30(31,32)33)26(34)23(18-38-29)27(35)39-28(2,3)4/h5-15,17,23,26H,16,18H2,1-4H3. The van der Waals surface area contributed by atoms with Gasteiger partial charge in [0.25, 0.3) is 10.0 Å². The van der Waals surface area contributed by atoms with Crippen molar-refractivity contribution in [2.24, 2.45) is 5.92 Å². The van der Waals surface area contributed by atoms with E-state index < -0.39 is 51.9 Å². The maximum Gasteiger partial charge on any atom is 0.423 e. The molecule has 1 fully saturated rings. The van der Waals surface area contributed by atoms with E-state index in [1.165, 1.54) is 24.3 Å². The highest BCUT2D eigenvalue weighted by Crippen LogP contribution is 2.61. The zero-order chi connectivity index (χ0) is 29.1. The van der Waals surface area contributed by atoms with Crippen LogP contribution in [0.2, 0.25) is 0 Å². The van der Waals surface area contributed by atoms with E-state index >= 15 is 13.2 Å². The quantitative estimate of drug-likeness (QED) is 0.355. The van der Waals surface area contributed by atoms with E-state index in [0.717, 1.165) is 15.4 Å². The van der Waals surface area contributed by atoms with Gasteiger partial charge < -0.3 is 9.47 Å². The van der Waals surface area contributed by atoms with E-state index in [4.69, 9.17) is 9.47 Å². The third kappa shape index (κ3) is 4.66.